The minimum Gasteiger partial charge on any atom is -0.466 e. The van der Waals surface area contributed by atoms with Gasteiger partial charge in [0.15, 0.2) is 0 Å². The number of amides is 1. The summed E-state index contributed by atoms with van der Waals surface area (Å²) in [6, 6.07) is -0.538. The number of aliphatic hydroxyl groups excluding tert-OH is 2. The third kappa shape index (κ3) is 81.7. The van der Waals surface area contributed by atoms with Gasteiger partial charge in [0.1, 0.15) is 0 Å². The van der Waals surface area contributed by atoms with Gasteiger partial charge in [-0.2, -0.15) is 0 Å². The summed E-state index contributed by atoms with van der Waals surface area (Å²) in [4.78, 5) is 24.7. The maximum Gasteiger partial charge on any atom is 0.305 e. The van der Waals surface area contributed by atoms with Crippen LogP contribution in [0.5, 0.6) is 0 Å². The molecule has 3 N–H and O–H groups in total. The summed E-state index contributed by atoms with van der Waals surface area (Å²) in [5.74, 6) is 0.00674. The zero-order chi connectivity index (χ0) is 68.4. The van der Waals surface area contributed by atoms with E-state index in [4.69, 9.17) is 4.74 Å². The molecule has 0 radical (unpaired) electrons. The summed E-state index contributed by atoms with van der Waals surface area (Å²) in [5.41, 5.74) is 0. The van der Waals surface area contributed by atoms with Crippen LogP contribution in [-0.2, 0) is 14.3 Å². The van der Waals surface area contributed by atoms with E-state index in [1.165, 1.54) is 462 Å². The summed E-state index contributed by atoms with van der Waals surface area (Å²) >= 11 is 0. The van der Waals surface area contributed by atoms with E-state index < -0.39 is 12.1 Å². The third-order valence-corrected chi connectivity index (χ3v) is 21.7. The van der Waals surface area contributed by atoms with Gasteiger partial charge in [-0.3, -0.25) is 9.59 Å². The lowest BCUT2D eigenvalue weighted by atomic mass is 10.0. The Hall–Kier alpha value is -1.14. The number of esters is 1. The number of ether oxygens (including phenoxy) is 1. The van der Waals surface area contributed by atoms with Gasteiger partial charge in [-0.05, 0) is 25.7 Å². The highest BCUT2D eigenvalue weighted by Gasteiger charge is 2.20. The standard InChI is InChI=1S/C89H177NO5/c1-3-5-7-9-11-13-15-17-19-21-22-23-24-38-41-44-47-50-53-57-61-65-69-73-77-81-87(92)86(85-91)90-88(93)82-78-74-70-66-62-58-54-51-48-45-42-39-36-34-32-30-28-26-25-27-29-31-33-35-37-40-43-46-49-52-56-60-64-68-72-76-80-84-95-89(94)83-79-75-71-67-63-59-55-20-18-16-14-12-10-8-6-4-2/h86-87,91-92H,3-85H2,1-2H3,(H,90,93). The molecule has 0 saturated carbocycles. The monoisotopic (exact) mass is 1340 g/mol. The normalized spacial score (nSPS) is 12.3. The fraction of sp³-hybridized carbons (Fsp3) is 0.978. The van der Waals surface area contributed by atoms with Crippen LogP contribution < -0.4 is 5.32 Å². The van der Waals surface area contributed by atoms with Crippen molar-refractivity contribution in [1.82, 2.24) is 5.32 Å². The zero-order valence-electron chi connectivity index (χ0n) is 65.5. The van der Waals surface area contributed by atoms with Crippen LogP contribution >= 0.6 is 0 Å². The Balaban J connectivity index is 3.30. The molecule has 0 fully saturated rings. The van der Waals surface area contributed by atoms with Crippen LogP contribution in [0.3, 0.4) is 0 Å². The lowest BCUT2D eigenvalue weighted by Gasteiger charge is -2.22. The molecular formula is C89H177NO5. The lowest BCUT2D eigenvalue weighted by molar-refractivity contribution is -0.143. The Kier molecular flexibility index (Phi) is 84.2. The lowest BCUT2D eigenvalue weighted by Crippen LogP contribution is -2.45. The molecule has 0 bridgehead atoms. The van der Waals surface area contributed by atoms with Crippen LogP contribution in [0.2, 0.25) is 0 Å². The predicted molar refractivity (Wildman–Crippen MR) is 421 cm³/mol. The van der Waals surface area contributed by atoms with E-state index in [-0.39, 0.29) is 18.5 Å². The molecule has 0 saturated heterocycles. The maximum absolute atomic E-state index is 12.6. The first-order valence-corrected chi connectivity index (χ1v) is 44.8. The zero-order valence-corrected chi connectivity index (χ0v) is 65.5. The second-order valence-corrected chi connectivity index (χ2v) is 31.3. The minimum atomic E-state index is -0.661. The molecule has 95 heavy (non-hydrogen) atoms. The second-order valence-electron chi connectivity index (χ2n) is 31.3. The number of unbranched alkanes of at least 4 members (excludes halogenated alkanes) is 75. The van der Waals surface area contributed by atoms with Crippen LogP contribution in [0.15, 0.2) is 0 Å². The van der Waals surface area contributed by atoms with Gasteiger partial charge in [0, 0.05) is 12.8 Å². The van der Waals surface area contributed by atoms with Crippen molar-refractivity contribution in [2.45, 2.75) is 546 Å². The van der Waals surface area contributed by atoms with Crippen molar-refractivity contribution in [2.75, 3.05) is 13.2 Å². The summed E-state index contributed by atoms with van der Waals surface area (Å²) < 4.78 is 5.52. The van der Waals surface area contributed by atoms with E-state index in [1.807, 2.05) is 0 Å². The average molecular weight is 1340 g/mol. The molecule has 2 unspecified atom stereocenters. The SMILES string of the molecule is CCCCCCCCCCCCCCCCCCCCCCCCCCCC(O)C(CO)NC(=O)CCCCCCCCCCCCCCCCCCCCCCCCCCCCCCCCCCCCCCCOC(=O)CCCCCCCCCCCCCCCCCC. The first-order chi connectivity index (χ1) is 47.0. The quantitative estimate of drug-likeness (QED) is 0.0417. The van der Waals surface area contributed by atoms with Crippen molar-refractivity contribution in [3.63, 3.8) is 0 Å². The molecule has 0 aliphatic carbocycles. The van der Waals surface area contributed by atoms with Gasteiger partial charge in [0.2, 0.25) is 5.91 Å². The van der Waals surface area contributed by atoms with Crippen molar-refractivity contribution in [2.24, 2.45) is 0 Å². The molecule has 0 aromatic heterocycles. The molecule has 0 spiro atoms. The highest BCUT2D eigenvalue weighted by Crippen LogP contribution is 2.22. The average Bonchev–Trinajstić information content (AvgIpc) is 2.26. The fourth-order valence-electron chi connectivity index (χ4n) is 14.9. The number of aliphatic hydroxyl groups is 2. The van der Waals surface area contributed by atoms with Crippen LogP contribution in [0, 0.1) is 0 Å². The molecule has 6 heteroatoms. The molecule has 1 amide bonds. The summed E-state index contributed by atoms with van der Waals surface area (Å²) in [6.45, 7) is 5.03. The Morgan fingerprint density at radius 3 is 0.642 bits per heavy atom. The molecule has 0 aromatic carbocycles. The molecule has 0 heterocycles. The molecular weight excluding hydrogens is 1160 g/mol. The Morgan fingerprint density at radius 2 is 0.432 bits per heavy atom. The Morgan fingerprint density at radius 1 is 0.253 bits per heavy atom. The highest BCUT2D eigenvalue weighted by atomic mass is 16.5. The van der Waals surface area contributed by atoms with E-state index in [9.17, 15) is 19.8 Å². The molecule has 0 rings (SSSR count). The Labute approximate surface area is 597 Å². The van der Waals surface area contributed by atoms with E-state index in [2.05, 4.69) is 19.2 Å². The second kappa shape index (κ2) is 85.3. The number of hydrogen-bond donors (Lipinski definition) is 3. The molecule has 0 aliphatic heterocycles. The maximum atomic E-state index is 12.6. The van der Waals surface area contributed by atoms with Gasteiger partial charge in [-0.15, -0.1) is 0 Å². The summed E-state index contributed by atoms with van der Waals surface area (Å²) in [5, 5.41) is 23.5. The predicted octanol–water partition coefficient (Wildman–Crippen LogP) is 30.0. The van der Waals surface area contributed by atoms with Gasteiger partial charge < -0.3 is 20.3 Å². The van der Waals surface area contributed by atoms with E-state index >= 15 is 0 Å². The molecule has 6 nitrogen and oxygen atoms in total. The van der Waals surface area contributed by atoms with Crippen LogP contribution in [0.1, 0.15) is 534 Å². The number of rotatable bonds is 86. The smallest absolute Gasteiger partial charge is 0.305 e. The van der Waals surface area contributed by atoms with E-state index in [0.717, 1.165) is 38.5 Å². The minimum absolute atomic E-state index is 0.0219. The van der Waals surface area contributed by atoms with Crippen LogP contribution in [0.25, 0.3) is 0 Å². The van der Waals surface area contributed by atoms with Crippen molar-refractivity contribution in [3.8, 4) is 0 Å². The Bertz CT molecular complexity index is 1410. The topological polar surface area (TPSA) is 95.9 Å². The largest absolute Gasteiger partial charge is 0.466 e. The van der Waals surface area contributed by atoms with E-state index in [1.54, 1.807) is 0 Å². The summed E-state index contributed by atoms with van der Waals surface area (Å²) in [6.07, 6.45) is 108. The first-order valence-electron chi connectivity index (χ1n) is 44.8. The fourth-order valence-corrected chi connectivity index (χ4v) is 14.9. The number of nitrogens with one attached hydrogen (secondary N) is 1. The van der Waals surface area contributed by atoms with Crippen LogP contribution in [-0.4, -0.2) is 47.4 Å². The highest BCUT2D eigenvalue weighted by molar-refractivity contribution is 5.76. The number of carbonyl (C=O) groups is 2. The number of carbonyl (C=O) groups excluding carboxylic acids is 2. The number of hydrogen-bond acceptors (Lipinski definition) is 5. The van der Waals surface area contributed by atoms with Gasteiger partial charge in [-0.1, -0.05) is 495 Å². The van der Waals surface area contributed by atoms with Crippen molar-refractivity contribution in [3.05, 3.63) is 0 Å². The van der Waals surface area contributed by atoms with E-state index in [0.29, 0.717) is 25.9 Å². The molecule has 568 valence electrons. The third-order valence-electron chi connectivity index (χ3n) is 21.7. The van der Waals surface area contributed by atoms with Gasteiger partial charge >= 0.3 is 5.97 Å². The van der Waals surface area contributed by atoms with Gasteiger partial charge in [-0.25, -0.2) is 0 Å². The first kappa shape index (κ1) is 93.9. The van der Waals surface area contributed by atoms with Crippen molar-refractivity contribution in [1.29, 1.82) is 0 Å². The molecule has 0 aromatic rings. The van der Waals surface area contributed by atoms with Gasteiger partial charge in [0.25, 0.3) is 0 Å². The molecule has 0 aliphatic rings. The summed E-state index contributed by atoms with van der Waals surface area (Å²) in [7, 11) is 0. The van der Waals surface area contributed by atoms with Crippen LogP contribution in [0.4, 0.5) is 0 Å². The van der Waals surface area contributed by atoms with Crippen molar-refractivity contribution < 1.29 is 24.5 Å². The van der Waals surface area contributed by atoms with Crippen molar-refractivity contribution >= 4 is 11.9 Å². The molecule has 2 atom stereocenters. The van der Waals surface area contributed by atoms with Gasteiger partial charge in [0.05, 0.1) is 25.4 Å².